The van der Waals surface area contributed by atoms with E-state index in [1.165, 1.54) is 0 Å². The average molecular weight is 317 g/mol. The predicted molar refractivity (Wildman–Crippen MR) is 84.6 cm³/mol. The molecule has 7 heteroatoms. The number of aryl methyl sites for hydroxylation is 1. The topological polar surface area (TPSA) is 74.0 Å². The molecule has 1 saturated heterocycles. The van der Waals surface area contributed by atoms with Gasteiger partial charge in [-0.2, -0.15) is 10.2 Å². The Bertz CT molecular complexity index is 664. The lowest BCUT2D eigenvalue weighted by atomic mass is 9.94. The number of carbonyl (C=O) groups is 1. The largest absolute Gasteiger partial charge is 0.373 e. The van der Waals surface area contributed by atoms with Crippen molar-refractivity contribution < 1.29 is 9.53 Å². The molecular weight excluding hydrogens is 294 g/mol. The van der Waals surface area contributed by atoms with Gasteiger partial charge >= 0.3 is 0 Å². The molecule has 1 amide bonds. The summed E-state index contributed by atoms with van der Waals surface area (Å²) in [5.74, 6) is -0.131. The number of hydrogen-bond donors (Lipinski definition) is 1. The van der Waals surface area contributed by atoms with Gasteiger partial charge in [0.1, 0.15) is 0 Å². The monoisotopic (exact) mass is 317 g/mol. The Labute approximate surface area is 135 Å². The smallest absolute Gasteiger partial charge is 0.226 e. The van der Waals surface area contributed by atoms with Gasteiger partial charge in [0, 0.05) is 43.3 Å². The molecule has 0 radical (unpaired) electrons. The van der Waals surface area contributed by atoms with Crippen molar-refractivity contribution in [3.05, 3.63) is 35.9 Å². The van der Waals surface area contributed by atoms with Crippen LogP contribution in [0.3, 0.4) is 0 Å². The molecule has 2 aromatic heterocycles. The zero-order valence-electron chi connectivity index (χ0n) is 13.8. The average Bonchev–Trinajstić information content (AvgIpc) is 3.22. The van der Waals surface area contributed by atoms with Crippen molar-refractivity contribution >= 4 is 5.91 Å². The third-order valence-electron chi connectivity index (χ3n) is 4.42. The molecule has 3 rings (SSSR count). The number of ether oxygens (including phenoxy) is 1. The van der Waals surface area contributed by atoms with Gasteiger partial charge in [-0.1, -0.05) is 0 Å². The first-order valence-corrected chi connectivity index (χ1v) is 7.94. The highest BCUT2D eigenvalue weighted by Crippen LogP contribution is 2.36. The predicted octanol–water partition coefficient (Wildman–Crippen LogP) is 1.21. The number of nitrogens with zero attached hydrogens (tertiary/aromatic N) is 4. The lowest BCUT2D eigenvalue weighted by Crippen LogP contribution is -2.40. The number of aromatic nitrogens is 4. The van der Waals surface area contributed by atoms with Crippen LogP contribution in [-0.4, -0.2) is 38.1 Å². The van der Waals surface area contributed by atoms with Crippen molar-refractivity contribution in [1.29, 1.82) is 0 Å². The zero-order valence-corrected chi connectivity index (χ0v) is 13.8. The highest BCUT2D eigenvalue weighted by molar-refractivity contribution is 5.80. The van der Waals surface area contributed by atoms with Gasteiger partial charge in [0.25, 0.3) is 0 Å². The fourth-order valence-corrected chi connectivity index (χ4v) is 3.04. The molecule has 1 fully saturated rings. The van der Waals surface area contributed by atoms with Crippen LogP contribution in [0, 0.1) is 12.8 Å². The van der Waals surface area contributed by atoms with Crippen LogP contribution in [0.2, 0.25) is 0 Å². The summed E-state index contributed by atoms with van der Waals surface area (Å²) in [5, 5.41) is 11.5. The van der Waals surface area contributed by atoms with Gasteiger partial charge in [-0.15, -0.1) is 0 Å². The van der Waals surface area contributed by atoms with E-state index >= 15 is 0 Å². The van der Waals surface area contributed by atoms with E-state index in [0.29, 0.717) is 13.2 Å². The summed E-state index contributed by atoms with van der Waals surface area (Å²) >= 11 is 0. The van der Waals surface area contributed by atoms with E-state index in [1.54, 1.807) is 12.4 Å². The van der Waals surface area contributed by atoms with Gasteiger partial charge in [0.15, 0.2) is 0 Å². The summed E-state index contributed by atoms with van der Waals surface area (Å²) in [4.78, 5) is 12.6. The summed E-state index contributed by atoms with van der Waals surface area (Å²) in [7, 11) is 1.90. The van der Waals surface area contributed by atoms with Crippen LogP contribution in [0.15, 0.2) is 24.7 Å². The Balaban J connectivity index is 1.65. The molecule has 2 aromatic rings. The second-order valence-electron chi connectivity index (χ2n) is 6.13. The van der Waals surface area contributed by atoms with Gasteiger partial charge in [-0.3, -0.25) is 14.2 Å². The van der Waals surface area contributed by atoms with Gasteiger partial charge < -0.3 is 10.1 Å². The van der Waals surface area contributed by atoms with E-state index < -0.39 is 0 Å². The summed E-state index contributed by atoms with van der Waals surface area (Å²) in [6, 6.07) is 1.89. The highest BCUT2D eigenvalue weighted by atomic mass is 16.5. The Kier molecular flexibility index (Phi) is 4.47. The molecule has 0 aromatic carbocycles. The number of amides is 1. The standard InChI is InChI=1S/C16H23N5O2/c1-11(10-21-7-4-6-17-21)19-16(22)13-5-8-23-15(13)14-9-18-20(3)12(14)2/h4,6-7,9,11,13,15H,5,8,10H2,1-3H3,(H,19,22)/t11-,13+,15+/m1/s1. The number of rotatable bonds is 5. The van der Waals surface area contributed by atoms with Crippen LogP contribution in [0.1, 0.15) is 30.7 Å². The second kappa shape index (κ2) is 6.54. The summed E-state index contributed by atoms with van der Waals surface area (Å²) in [6.07, 6.45) is 5.96. The van der Waals surface area contributed by atoms with E-state index in [9.17, 15) is 4.79 Å². The molecule has 1 N–H and O–H groups in total. The first-order valence-electron chi connectivity index (χ1n) is 7.94. The van der Waals surface area contributed by atoms with E-state index in [0.717, 1.165) is 17.7 Å². The Morgan fingerprint density at radius 1 is 1.52 bits per heavy atom. The SMILES string of the molecule is Cc1c([C@H]2OCC[C@@H]2C(=O)N[C@H](C)Cn2cccn2)cnn1C. The van der Waals surface area contributed by atoms with Crippen molar-refractivity contribution in [2.24, 2.45) is 13.0 Å². The molecule has 1 aliphatic heterocycles. The summed E-state index contributed by atoms with van der Waals surface area (Å²) in [6.45, 7) is 5.24. The third kappa shape index (κ3) is 3.29. The van der Waals surface area contributed by atoms with Crippen molar-refractivity contribution in [3.63, 3.8) is 0 Å². The molecule has 0 unspecified atom stereocenters. The molecular formula is C16H23N5O2. The lowest BCUT2D eigenvalue weighted by Gasteiger charge is -2.21. The number of nitrogens with one attached hydrogen (secondary N) is 1. The van der Waals surface area contributed by atoms with Gasteiger partial charge in [-0.05, 0) is 26.3 Å². The molecule has 0 aliphatic carbocycles. The zero-order chi connectivity index (χ0) is 16.4. The molecule has 124 valence electrons. The number of carbonyl (C=O) groups excluding carboxylic acids is 1. The van der Waals surface area contributed by atoms with Crippen molar-refractivity contribution in [2.75, 3.05) is 6.61 Å². The normalized spacial score (nSPS) is 22.2. The first kappa shape index (κ1) is 15.7. The maximum Gasteiger partial charge on any atom is 0.226 e. The van der Waals surface area contributed by atoms with Gasteiger partial charge in [0.2, 0.25) is 5.91 Å². The Morgan fingerprint density at radius 3 is 3.00 bits per heavy atom. The molecule has 1 aliphatic rings. The first-order chi connectivity index (χ1) is 11.1. The number of hydrogen-bond acceptors (Lipinski definition) is 4. The van der Waals surface area contributed by atoms with Crippen LogP contribution < -0.4 is 5.32 Å². The quantitative estimate of drug-likeness (QED) is 0.899. The Morgan fingerprint density at radius 2 is 2.35 bits per heavy atom. The second-order valence-corrected chi connectivity index (χ2v) is 6.13. The van der Waals surface area contributed by atoms with E-state index in [2.05, 4.69) is 15.5 Å². The van der Waals surface area contributed by atoms with Crippen LogP contribution in [0.4, 0.5) is 0 Å². The molecule has 23 heavy (non-hydrogen) atoms. The molecule has 3 heterocycles. The fraction of sp³-hybridized carbons (Fsp3) is 0.562. The minimum Gasteiger partial charge on any atom is -0.373 e. The van der Waals surface area contributed by atoms with Crippen LogP contribution in [-0.2, 0) is 23.1 Å². The summed E-state index contributed by atoms with van der Waals surface area (Å²) in [5.41, 5.74) is 2.05. The minimum absolute atomic E-state index is 0.0126. The van der Waals surface area contributed by atoms with E-state index in [1.807, 2.05) is 42.5 Å². The van der Waals surface area contributed by atoms with Crippen molar-refractivity contribution in [2.45, 2.75) is 39.0 Å². The molecule has 3 atom stereocenters. The summed E-state index contributed by atoms with van der Waals surface area (Å²) < 4.78 is 9.45. The highest BCUT2D eigenvalue weighted by Gasteiger charge is 2.37. The molecule has 0 saturated carbocycles. The maximum absolute atomic E-state index is 12.6. The van der Waals surface area contributed by atoms with Crippen LogP contribution in [0.25, 0.3) is 0 Å². The van der Waals surface area contributed by atoms with Gasteiger partial charge in [-0.25, -0.2) is 0 Å². The molecule has 7 nitrogen and oxygen atoms in total. The Hall–Kier alpha value is -2.15. The van der Waals surface area contributed by atoms with E-state index in [-0.39, 0.29) is 24.0 Å². The van der Waals surface area contributed by atoms with Crippen molar-refractivity contribution in [3.8, 4) is 0 Å². The minimum atomic E-state index is -0.208. The maximum atomic E-state index is 12.6. The van der Waals surface area contributed by atoms with Crippen molar-refractivity contribution in [1.82, 2.24) is 24.9 Å². The van der Waals surface area contributed by atoms with Gasteiger partial charge in [0.05, 0.1) is 24.8 Å². The van der Waals surface area contributed by atoms with E-state index in [4.69, 9.17) is 4.74 Å². The molecule has 0 spiro atoms. The lowest BCUT2D eigenvalue weighted by molar-refractivity contribution is -0.127. The van der Waals surface area contributed by atoms with Crippen LogP contribution in [0.5, 0.6) is 0 Å². The third-order valence-corrected chi connectivity index (χ3v) is 4.42. The molecule has 0 bridgehead atoms. The fourth-order valence-electron chi connectivity index (χ4n) is 3.04. The van der Waals surface area contributed by atoms with Crippen LogP contribution >= 0.6 is 0 Å².